The molecule has 1 aromatic rings. The van der Waals surface area contributed by atoms with Gasteiger partial charge in [-0.25, -0.2) is 4.98 Å². The predicted molar refractivity (Wildman–Crippen MR) is 67.4 cm³/mol. The lowest BCUT2D eigenvalue weighted by Gasteiger charge is -2.37. The van der Waals surface area contributed by atoms with Gasteiger partial charge in [-0.1, -0.05) is 0 Å². The number of rotatable bonds is 3. The molecule has 7 heteroatoms. The van der Waals surface area contributed by atoms with Crippen molar-refractivity contribution in [1.29, 1.82) is 0 Å². The van der Waals surface area contributed by atoms with E-state index in [4.69, 9.17) is 0 Å². The molecule has 1 aliphatic heterocycles. The molecule has 1 aromatic heterocycles. The molecular weight excluding hydrogens is 232 g/mol. The third-order valence-electron chi connectivity index (χ3n) is 3.28. The minimum absolute atomic E-state index is 0.208. The van der Waals surface area contributed by atoms with E-state index in [1.807, 2.05) is 0 Å². The molecule has 2 heterocycles. The van der Waals surface area contributed by atoms with E-state index in [2.05, 4.69) is 44.4 Å². The second-order valence-corrected chi connectivity index (χ2v) is 4.85. The van der Waals surface area contributed by atoms with Gasteiger partial charge in [0.1, 0.15) is 5.82 Å². The Morgan fingerprint density at radius 3 is 2.94 bits per heavy atom. The van der Waals surface area contributed by atoms with Crippen LogP contribution in [0, 0.1) is 6.92 Å². The zero-order chi connectivity index (χ0) is 13.1. The van der Waals surface area contributed by atoms with Gasteiger partial charge >= 0.3 is 0 Å². The Bertz CT molecular complexity index is 417. The van der Waals surface area contributed by atoms with Crippen LogP contribution in [0.25, 0.3) is 0 Å². The Labute approximate surface area is 107 Å². The third-order valence-corrected chi connectivity index (χ3v) is 3.28. The highest BCUT2D eigenvalue weighted by Crippen LogP contribution is 2.04. The summed E-state index contributed by atoms with van der Waals surface area (Å²) in [6.45, 7) is 5.45. The lowest BCUT2D eigenvalue weighted by molar-refractivity contribution is 0.0872. The fraction of sp³-hybridized carbons (Fsp3) is 0.727. The average Bonchev–Trinajstić information content (AvgIpc) is 2.77. The summed E-state index contributed by atoms with van der Waals surface area (Å²) in [6.07, 6.45) is 0. The number of aryl methyl sites for hydroxylation is 1. The van der Waals surface area contributed by atoms with Crippen LogP contribution in [0.1, 0.15) is 16.4 Å². The highest BCUT2D eigenvalue weighted by Gasteiger charge is 2.23. The number of aromatic amines is 1. The molecule has 0 aliphatic carbocycles. The molecule has 1 unspecified atom stereocenters. The molecule has 1 aliphatic rings. The zero-order valence-corrected chi connectivity index (χ0v) is 11.1. The van der Waals surface area contributed by atoms with Gasteiger partial charge in [-0.15, -0.1) is 5.10 Å². The summed E-state index contributed by atoms with van der Waals surface area (Å²) in [6, 6.07) is 0.340. The second kappa shape index (κ2) is 5.45. The topological polar surface area (TPSA) is 77.2 Å². The normalized spacial score (nSPS) is 22.1. The van der Waals surface area contributed by atoms with Crippen LogP contribution in [0.3, 0.4) is 0 Å². The van der Waals surface area contributed by atoms with Crippen LogP contribution in [0.15, 0.2) is 0 Å². The third kappa shape index (κ3) is 3.05. The molecule has 18 heavy (non-hydrogen) atoms. The first kappa shape index (κ1) is 13.0. The van der Waals surface area contributed by atoms with Crippen LogP contribution < -0.4 is 5.32 Å². The van der Waals surface area contributed by atoms with Crippen LogP contribution in [-0.4, -0.2) is 77.2 Å². The number of carbonyl (C=O) groups excluding carboxylic acids is 1. The van der Waals surface area contributed by atoms with Crippen LogP contribution >= 0.6 is 0 Å². The fourth-order valence-electron chi connectivity index (χ4n) is 2.06. The molecule has 100 valence electrons. The molecule has 1 fully saturated rings. The van der Waals surface area contributed by atoms with Crippen molar-refractivity contribution in [3.05, 3.63) is 11.6 Å². The molecule has 2 rings (SSSR count). The number of nitrogens with one attached hydrogen (secondary N) is 2. The van der Waals surface area contributed by atoms with Gasteiger partial charge in [-0.3, -0.25) is 14.8 Å². The van der Waals surface area contributed by atoms with Crippen molar-refractivity contribution in [3.63, 3.8) is 0 Å². The highest BCUT2D eigenvalue weighted by molar-refractivity contribution is 5.90. The van der Waals surface area contributed by atoms with Gasteiger partial charge in [0.25, 0.3) is 5.91 Å². The highest BCUT2D eigenvalue weighted by atomic mass is 16.2. The smallest absolute Gasteiger partial charge is 0.291 e. The molecule has 0 radical (unpaired) electrons. The first-order valence-electron chi connectivity index (χ1n) is 6.12. The van der Waals surface area contributed by atoms with E-state index in [-0.39, 0.29) is 11.7 Å². The zero-order valence-electron chi connectivity index (χ0n) is 11.1. The van der Waals surface area contributed by atoms with E-state index in [1.54, 1.807) is 6.92 Å². The largest absolute Gasteiger partial charge is 0.348 e. The minimum atomic E-state index is -0.221. The van der Waals surface area contributed by atoms with Gasteiger partial charge in [0.15, 0.2) is 0 Å². The Morgan fingerprint density at radius 1 is 1.50 bits per heavy atom. The van der Waals surface area contributed by atoms with Crippen LogP contribution in [0.4, 0.5) is 0 Å². The van der Waals surface area contributed by atoms with Crippen molar-refractivity contribution in [3.8, 4) is 0 Å². The maximum Gasteiger partial charge on any atom is 0.291 e. The van der Waals surface area contributed by atoms with Gasteiger partial charge in [-0.2, -0.15) is 0 Å². The predicted octanol–water partition coefficient (Wildman–Crippen LogP) is -0.911. The molecule has 1 atom stereocenters. The number of nitrogens with zero attached hydrogens (tertiary/aromatic N) is 4. The Balaban J connectivity index is 1.85. The summed E-state index contributed by atoms with van der Waals surface area (Å²) in [5.41, 5.74) is 0. The van der Waals surface area contributed by atoms with Crippen LogP contribution in [-0.2, 0) is 0 Å². The first-order valence-corrected chi connectivity index (χ1v) is 6.12. The van der Waals surface area contributed by atoms with E-state index in [9.17, 15) is 4.79 Å². The minimum Gasteiger partial charge on any atom is -0.348 e. The Hall–Kier alpha value is -1.47. The summed E-state index contributed by atoms with van der Waals surface area (Å²) in [7, 11) is 4.18. The summed E-state index contributed by atoms with van der Waals surface area (Å²) < 4.78 is 0. The van der Waals surface area contributed by atoms with E-state index in [1.165, 1.54) is 0 Å². The summed E-state index contributed by atoms with van der Waals surface area (Å²) in [5.74, 6) is 0.634. The Kier molecular flexibility index (Phi) is 3.93. The van der Waals surface area contributed by atoms with Crippen molar-refractivity contribution in [2.75, 3.05) is 40.3 Å². The lowest BCUT2D eigenvalue weighted by Crippen LogP contribution is -2.54. The SMILES string of the molecule is Cc1nc(C(=O)NCC2CN(C)CCN2C)n[nH]1. The van der Waals surface area contributed by atoms with Gasteiger partial charge in [-0.05, 0) is 21.0 Å². The van der Waals surface area contributed by atoms with Crippen molar-refractivity contribution < 1.29 is 4.79 Å². The van der Waals surface area contributed by atoms with Crippen molar-refractivity contribution in [2.45, 2.75) is 13.0 Å². The van der Waals surface area contributed by atoms with E-state index in [0.717, 1.165) is 19.6 Å². The number of H-pyrrole nitrogens is 1. The lowest BCUT2D eigenvalue weighted by atomic mass is 10.2. The molecule has 0 bridgehead atoms. The molecule has 0 spiro atoms. The van der Waals surface area contributed by atoms with Gasteiger partial charge < -0.3 is 10.2 Å². The fourth-order valence-corrected chi connectivity index (χ4v) is 2.06. The number of amides is 1. The number of hydrogen-bond acceptors (Lipinski definition) is 5. The maximum absolute atomic E-state index is 11.8. The standard InChI is InChI=1S/C11H20N6O/c1-8-13-10(15-14-8)11(18)12-6-9-7-16(2)4-5-17(9)3/h9H,4-7H2,1-3H3,(H,12,18)(H,13,14,15). The van der Waals surface area contributed by atoms with E-state index in [0.29, 0.717) is 18.4 Å². The molecule has 0 saturated carbocycles. The van der Waals surface area contributed by atoms with Crippen LogP contribution in [0.2, 0.25) is 0 Å². The maximum atomic E-state index is 11.8. The number of hydrogen-bond donors (Lipinski definition) is 2. The first-order chi connectivity index (χ1) is 8.56. The number of likely N-dealkylation sites (N-methyl/N-ethyl adjacent to an activating group) is 2. The van der Waals surface area contributed by atoms with Crippen molar-refractivity contribution >= 4 is 5.91 Å². The van der Waals surface area contributed by atoms with Crippen molar-refractivity contribution in [1.82, 2.24) is 30.3 Å². The van der Waals surface area contributed by atoms with Crippen molar-refractivity contribution in [2.24, 2.45) is 0 Å². The van der Waals surface area contributed by atoms with Gasteiger partial charge in [0, 0.05) is 32.2 Å². The molecule has 0 aromatic carbocycles. The molecule has 2 N–H and O–H groups in total. The summed E-state index contributed by atoms with van der Waals surface area (Å²) in [5, 5.41) is 9.38. The van der Waals surface area contributed by atoms with Gasteiger partial charge in [0.05, 0.1) is 0 Å². The quantitative estimate of drug-likeness (QED) is 0.728. The summed E-state index contributed by atoms with van der Waals surface area (Å²) >= 11 is 0. The monoisotopic (exact) mass is 252 g/mol. The van der Waals surface area contributed by atoms with E-state index < -0.39 is 0 Å². The van der Waals surface area contributed by atoms with Gasteiger partial charge in [0.2, 0.25) is 5.82 Å². The molecule has 7 nitrogen and oxygen atoms in total. The summed E-state index contributed by atoms with van der Waals surface area (Å²) in [4.78, 5) is 20.3. The molecule has 1 amide bonds. The van der Waals surface area contributed by atoms with E-state index >= 15 is 0 Å². The average molecular weight is 252 g/mol. The number of aromatic nitrogens is 3. The number of carbonyl (C=O) groups is 1. The molecular formula is C11H20N6O. The second-order valence-electron chi connectivity index (χ2n) is 4.85. The number of piperazine rings is 1. The van der Waals surface area contributed by atoms with Crippen LogP contribution in [0.5, 0.6) is 0 Å². The Morgan fingerprint density at radius 2 is 2.28 bits per heavy atom. The molecule has 1 saturated heterocycles.